The molecule has 0 bridgehead atoms. The largest absolute Gasteiger partial charge is 0.480 e. The Kier molecular flexibility index (Phi) is 14.5. The van der Waals surface area contributed by atoms with Gasteiger partial charge in [0.1, 0.15) is 17.7 Å². The van der Waals surface area contributed by atoms with E-state index in [2.05, 4.69) is 15.0 Å². The van der Waals surface area contributed by atoms with Gasteiger partial charge in [0.25, 0.3) is 0 Å². The maximum Gasteiger partial charge on any atom is 0.321 e. The lowest BCUT2D eigenvalue weighted by atomic mass is 10.1. The summed E-state index contributed by atoms with van der Waals surface area (Å²) in [6.45, 7) is 1.49. The van der Waals surface area contributed by atoms with Crippen molar-refractivity contribution in [1.82, 2.24) is 15.0 Å². The zero-order valence-electron chi connectivity index (χ0n) is 19.7. The van der Waals surface area contributed by atoms with Crippen molar-refractivity contribution >= 4 is 43.5 Å². The fourth-order valence-corrected chi connectivity index (χ4v) is 5.80. The Morgan fingerprint density at radius 3 is 2.47 bits per heavy atom. The van der Waals surface area contributed by atoms with Crippen LogP contribution in [-0.4, -0.2) is 75.2 Å². The molecule has 1 amide bonds. The summed E-state index contributed by atoms with van der Waals surface area (Å²) in [5, 5.41) is 13.0. The summed E-state index contributed by atoms with van der Waals surface area (Å²) in [6, 6.07) is 12.1. The van der Waals surface area contributed by atoms with Gasteiger partial charge in [0.15, 0.2) is 0 Å². The first-order valence-electron chi connectivity index (χ1n) is 11.3. The molecule has 1 aromatic heterocycles. The van der Waals surface area contributed by atoms with E-state index in [9.17, 15) is 23.1 Å². The smallest absolute Gasteiger partial charge is 0.321 e. The molecule has 0 unspecified atom stereocenters. The van der Waals surface area contributed by atoms with Crippen LogP contribution in [0.3, 0.4) is 0 Å². The monoisotopic (exact) mass is 557 g/mol. The number of sulfonamides is 1. The zero-order chi connectivity index (χ0) is 26.1. The lowest BCUT2D eigenvalue weighted by Gasteiger charge is -2.15. The summed E-state index contributed by atoms with van der Waals surface area (Å²) in [5.74, 6) is -0.727. The molecule has 0 aliphatic heterocycles. The van der Waals surface area contributed by atoms with Gasteiger partial charge >= 0.3 is 5.97 Å². The third-order valence-corrected chi connectivity index (χ3v) is 8.31. The van der Waals surface area contributed by atoms with E-state index in [-0.39, 0.29) is 23.8 Å². The Morgan fingerprint density at radius 2 is 1.75 bits per heavy atom. The fourth-order valence-electron chi connectivity index (χ4n) is 2.82. The summed E-state index contributed by atoms with van der Waals surface area (Å²) in [5.41, 5.74) is 0. The van der Waals surface area contributed by atoms with Crippen LogP contribution in [0.4, 0.5) is 0 Å². The fraction of sp³-hybridized carbons (Fsp3) is 0.435. The SMILES string of the molecule is O=C(COCCOCCSSc1ccccn1)NCCCC[C@H](NS(=O)(=O)c1ccccc1)C(=O)O. The van der Waals surface area contributed by atoms with E-state index in [1.54, 1.807) is 46.0 Å². The number of pyridine rings is 1. The average molecular weight is 558 g/mol. The molecule has 13 heteroatoms. The van der Waals surface area contributed by atoms with E-state index < -0.39 is 22.0 Å². The van der Waals surface area contributed by atoms with E-state index >= 15 is 0 Å². The third kappa shape index (κ3) is 12.7. The first-order chi connectivity index (χ1) is 17.4. The minimum absolute atomic E-state index is 0.00687. The summed E-state index contributed by atoms with van der Waals surface area (Å²) in [4.78, 5) is 27.5. The van der Waals surface area contributed by atoms with Crippen molar-refractivity contribution in [3.05, 3.63) is 54.7 Å². The molecule has 0 aliphatic carbocycles. The van der Waals surface area contributed by atoms with E-state index in [1.165, 1.54) is 12.1 Å². The van der Waals surface area contributed by atoms with Gasteiger partial charge in [0, 0.05) is 18.5 Å². The number of carboxylic acid groups (broad SMARTS) is 1. The summed E-state index contributed by atoms with van der Waals surface area (Å²) < 4.78 is 37.6. The van der Waals surface area contributed by atoms with Gasteiger partial charge in [0.2, 0.25) is 15.9 Å². The molecule has 0 saturated heterocycles. The summed E-state index contributed by atoms with van der Waals surface area (Å²) in [7, 11) is -0.686. The Labute approximate surface area is 219 Å². The number of carbonyl (C=O) groups is 2. The number of benzene rings is 1. The highest BCUT2D eigenvalue weighted by molar-refractivity contribution is 8.76. The van der Waals surface area contributed by atoms with E-state index in [0.717, 1.165) is 10.8 Å². The molecule has 3 N–H and O–H groups in total. The second-order valence-electron chi connectivity index (χ2n) is 7.41. The highest BCUT2D eigenvalue weighted by atomic mass is 33.1. The normalized spacial score (nSPS) is 12.2. The number of nitrogens with zero attached hydrogens (tertiary/aromatic N) is 1. The molecule has 1 heterocycles. The van der Waals surface area contributed by atoms with E-state index in [0.29, 0.717) is 39.2 Å². The lowest BCUT2D eigenvalue weighted by Crippen LogP contribution is -2.40. The molecule has 2 aromatic rings. The van der Waals surface area contributed by atoms with Crippen LogP contribution in [0, 0.1) is 0 Å². The van der Waals surface area contributed by atoms with Gasteiger partial charge in [0.05, 0.1) is 24.7 Å². The van der Waals surface area contributed by atoms with Crippen LogP contribution >= 0.6 is 21.6 Å². The Balaban J connectivity index is 1.47. The number of unbranched alkanes of at least 4 members (excludes halogenated alkanes) is 1. The highest BCUT2D eigenvalue weighted by Crippen LogP contribution is 2.28. The molecule has 0 fully saturated rings. The van der Waals surface area contributed by atoms with Crippen molar-refractivity contribution in [2.75, 3.05) is 38.7 Å². The third-order valence-electron chi connectivity index (χ3n) is 4.59. The van der Waals surface area contributed by atoms with E-state index in [4.69, 9.17) is 9.47 Å². The molecule has 36 heavy (non-hydrogen) atoms. The number of carboxylic acids is 1. The number of rotatable bonds is 19. The highest BCUT2D eigenvalue weighted by Gasteiger charge is 2.24. The van der Waals surface area contributed by atoms with Crippen molar-refractivity contribution in [2.24, 2.45) is 0 Å². The van der Waals surface area contributed by atoms with Crippen molar-refractivity contribution in [2.45, 2.75) is 35.2 Å². The number of aromatic nitrogens is 1. The molecule has 10 nitrogen and oxygen atoms in total. The van der Waals surface area contributed by atoms with Crippen molar-refractivity contribution in [3.63, 3.8) is 0 Å². The number of nitrogens with one attached hydrogen (secondary N) is 2. The van der Waals surface area contributed by atoms with Crippen LogP contribution in [-0.2, 0) is 29.1 Å². The quantitative estimate of drug-likeness (QED) is 0.174. The molecule has 1 atom stereocenters. The van der Waals surface area contributed by atoms with Gasteiger partial charge in [-0.25, -0.2) is 13.4 Å². The average Bonchev–Trinajstić information content (AvgIpc) is 2.87. The number of hydrogen-bond acceptors (Lipinski definition) is 9. The second-order valence-corrected chi connectivity index (χ2v) is 11.6. The van der Waals surface area contributed by atoms with E-state index in [1.807, 2.05) is 18.2 Å². The molecular weight excluding hydrogens is 526 g/mol. The zero-order valence-corrected chi connectivity index (χ0v) is 22.2. The topological polar surface area (TPSA) is 144 Å². The van der Waals surface area contributed by atoms with Gasteiger partial charge in [-0.15, -0.1) is 0 Å². The molecule has 0 spiro atoms. The molecule has 2 rings (SSSR count). The van der Waals surface area contributed by atoms with Gasteiger partial charge in [-0.3, -0.25) is 9.59 Å². The van der Waals surface area contributed by atoms with Crippen LogP contribution in [0.1, 0.15) is 19.3 Å². The molecule has 0 aliphatic rings. The Hall–Kier alpha value is -2.16. The summed E-state index contributed by atoms with van der Waals surface area (Å²) in [6.07, 6.45) is 2.77. The second kappa shape index (κ2) is 17.3. The number of ether oxygens (including phenoxy) is 2. The van der Waals surface area contributed by atoms with Crippen LogP contribution in [0.25, 0.3) is 0 Å². The number of hydrogen-bond donors (Lipinski definition) is 3. The minimum atomic E-state index is -3.93. The van der Waals surface area contributed by atoms with Crippen LogP contribution in [0.2, 0.25) is 0 Å². The number of carbonyl (C=O) groups excluding carboxylic acids is 1. The predicted octanol–water partition coefficient (Wildman–Crippen LogP) is 2.57. The maximum atomic E-state index is 12.3. The van der Waals surface area contributed by atoms with Gasteiger partial charge in [-0.2, -0.15) is 4.72 Å². The molecule has 0 radical (unpaired) electrons. The summed E-state index contributed by atoms with van der Waals surface area (Å²) >= 11 is 0. The molecule has 198 valence electrons. The molecule has 0 saturated carbocycles. The first kappa shape index (κ1) is 30.1. The lowest BCUT2D eigenvalue weighted by molar-refractivity contribution is -0.139. The van der Waals surface area contributed by atoms with Crippen LogP contribution in [0.5, 0.6) is 0 Å². The Bertz CT molecular complexity index is 1010. The molecule has 1 aromatic carbocycles. The van der Waals surface area contributed by atoms with Gasteiger partial charge in [-0.05, 0) is 54.3 Å². The molecular formula is C23H31N3O7S3. The van der Waals surface area contributed by atoms with Crippen molar-refractivity contribution < 1.29 is 32.6 Å². The standard InChI is InChI=1S/C23H31N3O7S3/c27-21(18-33-15-14-32-16-17-34-35-22-11-5-7-13-25-22)24-12-6-4-10-20(23(28)29)26-36(30,31)19-8-2-1-3-9-19/h1-3,5,7-9,11,13,20,26H,4,6,10,12,14-18H2,(H,24,27)(H,28,29)/t20-/m0/s1. The van der Waals surface area contributed by atoms with Crippen molar-refractivity contribution in [1.29, 1.82) is 0 Å². The maximum absolute atomic E-state index is 12.3. The van der Waals surface area contributed by atoms with Crippen LogP contribution in [0.15, 0.2) is 64.6 Å². The Morgan fingerprint density at radius 1 is 1.00 bits per heavy atom. The van der Waals surface area contributed by atoms with Gasteiger partial charge in [-0.1, -0.05) is 35.1 Å². The minimum Gasteiger partial charge on any atom is -0.480 e. The first-order valence-corrected chi connectivity index (χ1v) is 15.1. The van der Waals surface area contributed by atoms with Crippen LogP contribution < -0.4 is 10.0 Å². The number of aliphatic carboxylic acids is 1. The number of amides is 1. The van der Waals surface area contributed by atoms with Gasteiger partial charge < -0.3 is 19.9 Å². The predicted molar refractivity (Wildman–Crippen MR) is 139 cm³/mol. The van der Waals surface area contributed by atoms with Crippen molar-refractivity contribution in [3.8, 4) is 0 Å².